The highest BCUT2D eigenvalue weighted by atomic mass is 16.5. The Morgan fingerprint density at radius 3 is 2.65 bits per heavy atom. The van der Waals surface area contributed by atoms with E-state index < -0.39 is 0 Å². The maximum Gasteiger partial charge on any atom is 0.158 e. The second-order valence-electron chi connectivity index (χ2n) is 5.38. The van der Waals surface area contributed by atoms with E-state index in [-0.39, 0.29) is 0 Å². The molecule has 23 heavy (non-hydrogen) atoms. The van der Waals surface area contributed by atoms with Crippen molar-refractivity contribution in [1.82, 2.24) is 19.6 Å². The van der Waals surface area contributed by atoms with Gasteiger partial charge in [0.25, 0.3) is 0 Å². The number of ether oxygens (including phenoxy) is 1. The number of pyridine rings is 1. The van der Waals surface area contributed by atoms with Gasteiger partial charge in [0.15, 0.2) is 5.65 Å². The van der Waals surface area contributed by atoms with Gasteiger partial charge in [0.05, 0.1) is 24.6 Å². The van der Waals surface area contributed by atoms with Crippen LogP contribution in [-0.2, 0) is 4.74 Å². The normalized spacial score (nSPS) is 15.0. The Morgan fingerprint density at radius 2 is 1.91 bits per heavy atom. The van der Waals surface area contributed by atoms with Crippen LogP contribution in [0.3, 0.4) is 0 Å². The summed E-state index contributed by atoms with van der Waals surface area (Å²) in [5.41, 5.74) is 3.57. The maximum atomic E-state index is 5.45. The van der Waals surface area contributed by atoms with Crippen LogP contribution in [0.1, 0.15) is 5.69 Å². The first-order chi connectivity index (χ1) is 11.3. The molecule has 3 aromatic rings. The zero-order valence-corrected chi connectivity index (χ0v) is 12.7. The summed E-state index contributed by atoms with van der Waals surface area (Å²) in [4.78, 5) is 10.9. The summed E-state index contributed by atoms with van der Waals surface area (Å²) >= 11 is 0. The fourth-order valence-corrected chi connectivity index (χ4v) is 2.76. The zero-order chi connectivity index (χ0) is 15.6. The summed E-state index contributed by atoms with van der Waals surface area (Å²) in [6.07, 6.45) is 5.30. The Labute approximate surface area is 134 Å². The van der Waals surface area contributed by atoms with E-state index in [9.17, 15) is 0 Å². The molecule has 0 atom stereocenters. The second-order valence-corrected chi connectivity index (χ2v) is 5.38. The number of anilines is 1. The molecule has 116 valence electrons. The first-order valence-electron chi connectivity index (χ1n) is 7.61. The lowest BCUT2D eigenvalue weighted by Gasteiger charge is -2.29. The van der Waals surface area contributed by atoms with Gasteiger partial charge < -0.3 is 9.64 Å². The standard InChI is InChI=1S/C17H17N5O/c1-2-14-11-17(21-7-9-23-10-8-21)22-16(19-14)12-15(20-22)13-3-5-18-6-4-13/h2-6,11-12H,1,7-10H2. The molecule has 1 saturated heterocycles. The van der Waals surface area contributed by atoms with Crippen molar-refractivity contribution in [1.29, 1.82) is 0 Å². The number of nitrogens with zero attached hydrogens (tertiary/aromatic N) is 5. The van der Waals surface area contributed by atoms with Crippen molar-refractivity contribution in [2.75, 3.05) is 31.2 Å². The summed E-state index contributed by atoms with van der Waals surface area (Å²) in [6.45, 7) is 7.00. The monoisotopic (exact) mass is 307 g/mol. The minimum Gasteiger partial charge on any atom is -0.378 e. The van der Waals surface area contributed by atoms with E-state index in [0.29, 0.717) is 0 Å². The quantitative estimate of drug-likeness (QED) is 0.743. The molecule has 4 heterocycles. The van der Waals surface area contributed by atoms with Crippen molar-refractivity contribution in [3.05, 3.63) is 48.9 Å². The molecule has 1 aliphatic heterocycles. The molecule has 0 unspecified atom stereocenters. The minimum absolute atomic E-state index is 0.728. The van der Waals surface area contributed by atoms with Gasteiger partial charge in [0, 0.05) is 43.2 Å². The van der Waals surface area contributed by atoms with Crippen LogP contribution in [0, 0.1) is 0 Å². The molecule has 1 fully saturated rings. The molecule has 6 nitrogen and oxygen atoms in total. The van der Waals surface area contributed by atoms with Crippen molar-refractivity contribution in [3.63, 3.8) is 0 Å². The lowest BCUT2D eigenvalue weighted by Crippen LogP contribution is -2.37. The molecule has 0 spiro atoms. The van der Waals surface area contributed by atoms with Gasteiger partial charge >= 0.3 is 0 Å². The van der Waals surface area contributed by atoms with Crippen molar-refractivity contribution < 1.29 is 4.74 Å². The molecule has 0 aliphatic carbocycles. The topological polar surface area (TPSA) is 55.6 Å². The fourth-order valence-electron chi connectivity index (χ4n) is 2.76. The third-order valence-corrected chi connectivity index (χ3v) is 3.95. The Hall–Kier alpha value is -2.73. The largest absolute Gasteiger partial charge is 0.378 e. The van der Waals surface area contributed by atoms with E-state index in [4.69, 9.17) is 9.84 Å². The van der Waals surface area contributed by atoms with E-state index in [1.54, 1.807) is 18.5 Å². The van der Waals surface area contributed by atoms with Crippen LogP contribution in [0.5, 0.6) is 0 Å². The average Bonchev–Trinajstić information content (AvgIpc) is 3.06. The molecule has 3 aromatic heterocycles. The molecule has 0 saturated carbocycles. The number of hydrogen-bond donors (Lipinski definition) is 0. The third-order valence-electron chi connectivity index (χ3n) is 3.95. The van der Waals surface area contributed by atoms with Crippen LogP contribution in [-0.4, -0.2) is 45.9 Å². The minimum atomic E-state index is 0.728. The number of hydrogen-bond acceptors (Lipinski definition) is 5. The fraction of sp³-hybridized carbons (Fsp3) is 0.235. The Morgan fingerprint density at radius 1 is 1.13 bits per heavy atom. The Kier molecular flexibility index (Phi) is 3.51. The zero-order valence-electron chi connectivity index (χ0n) is 12.7. The molecule has 0 amide bonds. The highest BCUT2D eigenvalue weighted by Crippen LogP contribution is 2.24. The summed E-state index contributed by atoms with van der Waals surface area (Å²) in [6, 6.07) is 7.91. The predicted octanol–water partition coefficient (Wildman–Crippen LogP) is 2.27. The molecule has 4 rings (SSSR count). The van der Waals surface area contributed by atoms with Crippen LogP contribution in [0.15, 0.2) is 43.2 Å². The van der Waals surface area contributed by atoms with Crippen molar-refractivity contribution >= 4 is 17.5 Å². The van der Waals surface area contributed by atoms with Gasteiger partial charge in [-0.3, -0.25) is 4.98 Å². The summed E-state index contributed by atoms with van der Waals surface area (Å²) in [5.74, 6) is 1.02. The van der Waals surface area contributed by atoms with E-state index in [1.165, 1.54) is 0 Å². The lowest BCUT2D eigenvalue weighted by molar-refractivity contribution is 0.122. The molecule has 6 heteroatoms. The van der Waals surface area contributed by atoms with Crippen LogP contribution in [0.4, 0.5) is 5.82 Å². The van der Waals surface area contributed by atoms with Gasteiger partial charge in [-0.1, -0.05) is 6.58 Å². The van der Waals surface area contributed by atoms with E-state index in [1.807, 2.05) is 28.8 Å². The molecule has 0 radical (unpaired) electrons. The lowest BCUT2D eigenvalue weighted by atomic mass is 10.2. The van der Waals surface area contributed by atoms with Crippen LogP contribution in [0.2, 0.25) is 0 Å². The first kappa shape index (κ1) is 13.9. The van der Waals surface area contributed by atoms with Gasteiger partial charge in [-0.25, -0.2) is 4.98 Å². The van der Waals surface area contributed by atoms with Gasteiger partial charge in [-0.15, -0.1) is 0 Å². The van der Waals surface area contributed by atoms with Gasteiger partial charge in [-0.2, -0.15) is 9.61 Å². The van der Waals surface area contributed by atoms with Crippen LogP contribution >= 0.6 is 0 Å². The van der Waals surface area contributed by atoms with Gasteiger partial charge in [0.2, 0.25) is 0 Å². The third kappa shape index (κ3) is 2.57. The summed E-state index contributed by atoms with van der Waals surface area (Å²) in [5, 5.41) is 4.74. The summed E-state index contributed by atoms with van der Waals surface area (Å²) < 4.78 is 7.35. The number of rotatable bonds is 3. The molecular weight excluding hydrogens is 290 g/mol. The average molecular weight is 307 g/mol. The molecule has 0 aromatic carbocycles. The maximum absolute atomic E-state index is 5.45. The van der Waals surface area contributed by atoms with E-state index >= 15 is 0 Å². The summed E-state index contributed by atoms with van der Waals surface area (Å²) in [7, 11) is 0. The smallest absolute Gasteiger partial charge is 0.158 e. The number of fused-ring (bicyclic) bond motifs is 1. The number of morpholine rings is 1. The highest BCUT2D eigenvalue weighted by Gasteiger charge is 2.17. The second kappa shape index (κ2) is 5.81. The Bertz CT molecular complexity index is 837. The molecule has 0 bridgehead atoms. The first-order valence-corrected chi connectivity index (χ1v) is 7.61. The van der Waals surface area contributed by atoms with Crippen LogP contribution in [0.25, 0.3) is 23.0 Å². The predicted molar refractivity (Wildman–Crippen MR) is 89.3 cm³/mol. The highest BCUT2D eigenvalue weighted by molar-refractivity contribution is 5.67. The Balaban J connectivity index is 1.87. The van der Waals surface area contributed by atoms with Gasteiger partial charge in [0.1, 0.15) is 5.82 Å². The molecule has 0 N–H and O–H groups in total. The molecule has 1 aliphatic rings. The van der Waals surface area contributed by atoms with E-state index in [2.05, 4.69) is 21.4 Å². The van der Waals surface area contributed by atoms with Crippen molar-refractivity contribution in [2.45, 2.75) is 0 Å². The SMILES string of the molecule is C=Cc1cc(N2CCOCC2)n2nc(-c3ccncc3)cc2n1. The van der Waals surface area contributed by atoms with Crippen molar-refractivity contribution in [2.24, 2.45) is 0 Å². The van der Waals surface area contributed by atoms with Crippen molar-refractivity contribution in [3.8, 4) is 11.3 Å². The number of aromatic nitrogens is 4. The van der Waals surface area contributed by atoms with Crippen LogP contribution < -0.4 is 4.90 Å². The van der Waals surface area contributed by atoms with Gasteiger partial charge in [-0.05, 0) is 18.2 Å². The van der Waals surface area contributed by atoms with E-state index in [0.717, 1.165) is 54.7 Å². The molecular formula is C17H17N5O.